The van der Waals surface area contributed by atoms with Gasteiger partial charge >= 0.3 is 6.03 Å². The normalized spacial score (nSPS) is 17.1. The van der Waals surface area contributed by atoms with Crippen molar-refractivity contribution in [3.05, 3.63) is 82.7 Å². The number of benzene rings is 2. The Morgan fingerprint density at radius 2 is 1.82 bits per heavy atom. The van der Waals surface area contributed by atoms with Crippen molar-refractivity contribution in [3.63, 3.8) is 0 Å². The molecular weight excluding hydrogens is 494 g/mol. The van der Waals surface area contributed by atoms with E-state index in [9.17, 15) is 19.2 Å². The van der Waals surface area contributed by atoms with Gasteiger partial charge in [-0.25, -0.2) is 4.79 Å². The van der Waals surface area contributed by atoms with Crippen LogP contribution in [0.3, 0.4) is 0 Å². The molecule has 2 aliphatic rings. The van der Waals surface area contributed by atoms with E-state index < -0.39 is 17.5 Å². The van der Waals surface area contributed by atoms with E-state index >= 15 is 0 Å². The molecule has 2 aliphatic heterocycles. The van der Waals surface area contributed by atoms with E-state index in [1.54, 1.807) is 24.4 Å². The SMILES string of the molecule is Cc1cc(C(C)(C)NC(=O)Nc2ccc3c(c2)CN(C2CCC(=O)NC2=O)C3=O)cc(C)c1-c1cccnc1. The van der Waals surface area contributed by atoms with Gasteiger partial charge in [-0.3, -0.25) is 24.7 Å². The molecule has 1 unspecified atom stereocenters. The summed E-state index contributed by atoms with van der Waals surface area (Å²) < 4.78 is 0. The van der Waals surface area contributed by atoms with Crippen LogP contribution in [-0.2, 0) is 21.7 Å². The lowest BCUT2D eigenvalue weighted by Crippen LogP contribution is -2.52. The highest BCUT2D eigenvalue weighted by Gasteiger charge is 2.39. The highest BCUT2D eigenvalue weighted by Crippen LogP contribution is 2.32. The second-order valence-corrected chi connectivity index (χ2v) is 10.7. The molecule has 1 saturated heterocycles. The van der Waals surface area contributed by atoms with E-state index in [0.717, 1.165) is 33.4 Å². The molecular formula is C30H31N5O4. The fraction of sp³-hybridized carbons (Fsp3) is 0.300. The molecule has 1 aromatic heterocycles. The third kappa shape index (κ3) is 5.12. The zero-order valence-corrected chi connectivity index (χ0v) is 22.4. The molecule has 5 rings (SSSR count). The predicted molar refractivity (Wildman–Crippen MR) is 147 cm³/mol. The molecule has 200 valence electrons. The second-order valence-electron chi connectivity index (χ2n) is 10.7. The first-order valence-corrected chi connectivity index (χ1v) is 12.9. The second kappa shape index (κ2) is 9.98. The summed E-state index contributed by atoms with van der Waals surface area (Å²) in [5, 5.41) is 8.24. The number of carbonyl (C=O) groups is 4. The van der Waals surface area contributed by atoms with Gasteiger partial charge < -0.3 is 15.5 Å². The highest BCUT2D eigenvalue weighted by atomic mass is 16.2. The van der Waals surface area contributed by atoms with Crippen LogP contribution in [0.2, 0.25) is 0 Å². The molecule has 3 aromatic rings. The lowest BCUT2D eigenvalue weighted by molar-refractivity contribution is -0.136. The summed E-state index contributed by atoms with van der Waals surface area (Å²) in [7, 11) is 0. The third-order valence-corrected chi connectivity index (χ3v) is 7.41. The zero-order valence-electron chi connectivity index (χ0n) is 22.4. The van der Waals surface area contributed by atoms with Gasteiger partial charge in [-0.15, -0.1) is 0 Å². The van der Waals surface area contributed by atoms with E-state index in [-0.39, 0.29) is 30.8 Å². The molecule has 1 atom stereocenters. The molecule has 39 heavy (non-hydrogen) atoms. The van der Waals surface area contributed by atoms with Crippen LogP contribution in [0.1, 0.15) is 59.3 Å². The average molecular weight is 526 g/mol. The first kappa shape index (κ1) is 26.1. The Balaban J connectivity index is 1.28. The number of nitrogens with one attached hydrogen (secondary N) is 3. The number of piperidine rings is 1. The Morgan fingerprint density at radius 1 is 1.08 bits per heavy atom. The summed E-state index contributed by atoms with van der Waals surface area (Å²) in [6.07, 6.45) is 4.10. The van der Waals surface area contributed by atoms with Gasteiger partial charge in [0, 0.05) is 42.2 Å². The van der Waals surface area contributed by atoms with Crippen molar-refractivity contribution >= 4 is 29.4 Å². The molecule has 0 spiro atoms. The predicted octanol–water partition coefficient (Wildman–Crippen LogP) is 4.18. The summed E-state index contributed by atoms with van der Waals surface area (Å²) in [5.41, 5.74) is 6.43. The molecule has 0 saturated carbocycles. The number of hydrogen-bond acceptors (Lipinski definition) is 5. The molecule has 5 amide bonds. The van der Waals surface area contributed by atoms with E-state index in [1.165, 1.54) is 4.90 Å². The van der Waals surface area contributed by atoms with Gasteiger partial charge in [0.2, 0.25) is 11.8 Å². The van der Waals surface area contributed by atoms with Crippen LogP contribution in [0.15, 0.2) is 54.9 Å². The topological polar surface area (TPSA) is 120 Å². The van der Waals surface area contributed by atoms with Gasteiger partial charge in [-0.2, -0.15) is 0 Å². The quantitative estimate of drug-likeness (QED) is 0.432. The number of imide groups is 1. The number of amides is 5. The van der Waals surface area contributed by atoms with Gasteiger partial charge in [0.25, 0.3) is 5.91 Å². The van der Waals surface area contributed by atoms with Gasteiger partial charge in [0.05, 0.1) is 5.54 Å². The van der Waals surface area contributed by atoms with Crippen molar-refractivity contribution in [3.8, 4) is 11.1 Å². The van der Waals surface area contributed by atoms with Crippen LogP contribution >= 0.6 is 0 Å². The Morgan fingerprint density at radius 3 is 2.49 bits per heavy atom. The summed E-state index contributed by atoms with van der Waals surface area (Å²) in [6.45, 7) is 8.25. The lowest BCUT2D eigenvalue weighted by Gasteiger charge is -2.29. The number of carbonyl (C=O) groups excluding carboxylic acids is 4. The molecule has 3 N–H and O–H groups in total. The van der Waals surface area contributed by atoms with Crippen LogP contribution in [0.4, 0.5) is 10.5 Å². The van der Waals surface area contributed by atoms with Crippen LogP contribution in [0, 0.1) is 13.8 Å². The number of aryl methyl sites for hydroxylation is 2. The van der Waals surface area contributed by atoms with Gasteiger partial charge in [0.1, 0.15) is 6.04 Å². The number of nitrogens with zero attached hydrogens (tertiary/aromatic N) is 2. The number of rotatable bonds is 5. The maximum Gasteiger partial charge on any atom is 0.319 e. The average Bonchev–Trinajstić information content (AvgIpc) is 3.19. The molecule has 0 radical (unpaired) electrons. The lowest BCUT2D eigenvalue weighted by atomic mass is 9.87. The number of hydrogen-bond donors (Lipinski definition) is 3. The largest absolute Gasteiger partial charge is 0.329 e. The van der Waals surface area contributed by atoms with Crippen LogP contribution in [-0.4, -0.2) is 39.7 Å². The van der Waals surface area contributed by atoms with Crippen molar-refractivity contribution < 1.29 is 19.2 Å². The zero-order chi connectivity index (χ0) is 27.9. The maximum absolute atomic E-state index is 13.0. The molecule has 9 nitrogen and oxygen atoms in total. The summed E-state index contributed by atoms with van der Waals surface area (Å²) in [4.78, 5) is 55.5. The Kier molecular flexibility index (Phi) is 6.68. The number of anilines is 1. The van der Waals surface area contributed by atoms with Crippen molar-refractivity contribution in [1.82, 2.24) is 20.5 Å². The van der Waals surface area contributed by atoms with Crippen molar-refractivity contribution in [2.75, 3.05) is 5.32 Å². The number of aromatic nitrogens is 1. The maximum atomic E-state index is 13.0. The van der Waals surface area contributed by atoms with Crippen molar-refractivity contribution in [1.29, 1.82) is 0 Å². The van der Waals surface area contributed by atoms with Crippen molar-refractivity contribution in [2.24, 2.45) is 0 Å². The standard InChI is InChI=1S/C30H31N5O4/c1-17-12-21(13-18(2)26(17)19-6-5-11-31-15-19)30(3,4)34-29(39)32-22-7-8-23-20(14-22)16-35(28(23)38)24-9-10-25(36)33-27(24)37/h5-8,11-15,24H,9-10,16H2,1-4H3,(H2,32,34,39)(H,33,36,37). The van der Waals surface area contributed by atoms with Gasteiger partial charge in [0.15, 0.2) is 0 Å². The molecule has 0 bridgehead atoms. The summed E-state index contributed by atoms with van der Waals surface area (Å²) >= 11 is 0. The van der Waals surface area contributed by atoms with Crippen LogP contribution < -0.4 is 16.0 Å². The van der Waals surface area contributed by atoms with Gasteiger partial charge in [-0.05, 0) is 86.2 Å². The van der Waals surface area contributed by atoms with E-state index in [1.807, 2.05) is 32.2 Å². The minimum atomic E-state index is -0.681. The number of pyridine rings is 1. The summed E-state index contributed by atoms with van der Waals surface area (Å²) in [5.74, 6) is -1.03. The smallest absolute Gasteiger partial charge is 0.319 e. The molecule has 3 heterocycles. The number of urea groups is 1. The third-order valence-electron chi connectivity index (χ3n) is 7.41. The summed E-state index contributed by atoms with van der Waals surface area (Å²) in [6, 6.07) is 12.1. The fourth-order valence-electron chi connectivity index (χ4n) is 5.46. The molecule has 9 heteroatoms. The van der Waals surface area contributed by atoms with E-state index in [0.29, 0.717) is 17.7 Å². The first-order valence-electron chi connectivity index (χ1n) is 12.9. The van der Waals surface area contributed by atoms with E-state index in [4.69, 9.17) is 0 Å². The molecule has 0 aliphatic carbocycles. The van der Waals surface area contributed by atoms with E-state index in [2.05, 4.69) is 46.9 Å². The fourth-order valence-corrected chi connectivity index (χ4v) is 5.46. The van der Waals surface area contributed by atoms with Crippen LogP contribution in [0.5, 0.6) is 0 Å². The van der Waals surface area contributed by atoms with Crippen LogP contribution in [0.25, 0.3) is 11.1 Å². The van der Waals surface area contributed by atoms with Gasteiger partial charge in [-0.1, -0.05) is 18.2 Å². The highest BCUT2D eigenvalue weighted by molar-refractivity contribution is 6.05. The van der Waals surface area contributed by atoms with Crippen molar-refractivity contribution in [2.45, 2.75) is 58.7 Å². The Bertz CT molecular complexity index is 1480. The number of fused-ring (bicyclic) bond motifs is 1. The minimum Gasteiger partial charge on any atom is -0.329 e. The monoisotopic (exact) mass is 525 g/mol. The minimum absolute atomic E-state index is 0.199. The Labute approximate surface area is 227 Å². The Hall–Kier alpha value is -4.53. The molecule has 2 aromatic carbocycles. The first-order chi connectivity index (χ1) is 18.5. The molecule has 1 fully saturated rings.